The van der Waals surface area contributed by atoms with E-state index in [1.807, 2.05) is 44.2 Å². The normalized spacial score (nSPS) is 11.8. The molecule has 23 heteroatoms. The molecule has 0 atom stereocenters. The third-order valence-corrected chi connectivity index (χ3v) is 10.5. The smallest absolute Gasteiger partial charge is 0.324 e. The summed E-state index contributed by atoms with van der Waals surface area (Å²) in [5, 5.41) is 48.7. The van der Waals surface area contributed by atoms with Gasteiger partial charge < -0.3 is 25.5 Å². The van der Waals surface area contributed by atoms with E-state index >= 15 is 0 Å². The largest absolute Gasteiger partial charge is 0.396 e. The summed E-state index contributed by atoms with van der Waals surface area (Å²) in [6, 6.07) is 11.2. The highest BCUT2D eigenvalue weighted by atomic mass is 32.3. The average molecular weight is 786 g/mol. The molecule has 0 aliphatic rings. The van der Waals surface area contributed by atoms with Crippen molar-refractivity contribution in [3.05, 3.63) is 41.9 Å². The van der Waals surface area contributed by atoms with Crippen molar-refractivity contribution in [1.82, 2.24) is 35.3 Å². The number of hydrogen-bond donors (Lipinski definition) is 4. The summed E-state index contributed by atoms with van der Waals surface area (Å²) in [5.74, 6) is 0.690. The van der Waals surface area contributed by atoms with Gasteiger partial charge in [0.25, 0.3) is 14.6 Å². The third-order valence-electron chi connectivity index (χ3n) is 7.10. The van der Waals surface area contributed by atoms with E-state index < -0.39 is 14.5 Å². The van der Waals surface area contributed by atoms with Crippen molar-refractivity contribution in [3.63, 3.8) is 0 Å². The van der Waals surface area contributed by atoms with Gasteiger partial charge in [-0.05, 0) is 64.1 Å². The van der Waals surface area contributed by atoms with Crippen molar-refractivity contribution in [2.45, 2.75) is 37.2 Å². The number of aliphatic hydroxyl groups excluding tert-OH is 1. The fourth-order valence-electron chi connectivity index (χ4n) is 4.66. The average Bonchev–Trinajstić information content (AvgIpc) is 3.84. The van der Waals surface area contributed by atoms with Gasteiger partial charge in [-0.15, -0.1) is 40.9 Å². The molecule has 4 N–H and O–H groups in total. The number of thioether (sulfide) groups is 1. The zero-order valence-corrected chi connectivity index (χ0v) is 31.7. The summed E-state index contributed by atoms with van der Waals surface area (Å²) in [6.45, 7) is 11.2. The zero-order chi connectivity index (χ0) is 37.1. The first-order valence-corrected chi connectivity index (χ1v) is 20.0. The Labute approximate surface area is 311 Å². The van der Waals surface area contributed by atoms with Crippen LogP contribution in [0.15, 0.2) is 71.9 Å². The Balaban J connectivity index is 1.55. The quantitative estimate of drug-likeness (QED) is 0.0400. The molecule has 0 aliphatic heterocycles. The number of anilines is 6. The highest BCUT2D eigenvalue weighted by Crippen LogP contribution is 2.36. The second-order valence-electron chi connectivity index (χ2n) is 10.3. The first-order valence-electron chi connectivity index (χ1n) is 15.9. The maximum atomic E-state index is 11.5. The molecule has 0 unspecified atom stereocenters. The predicted molar refractivity (Wildman–Crippen MR) is 202 cm³/mol. The van der Waals surface area contributed by atoms with E-state index in [0.29, 0.717) is 50.1 Å². The molecule has 2 aromatic carbocycles. The van der Waals surface area contributed by atoms with Crippen molar-refractivity contribution in [3.8, 4) is 0 Å². The monoisotopic (exact) mass is 785 g/mol. The highest BCUT2D eigenvalue weighted by Gasteiger charge is 2.18. The molecule has 5 rings (SSSR count). The third kappa shape index (κ3) is 10.2. The molecule has 0 fully saturated rings. The van der Waals surface area contributed by atoms with Gasteiger partial charge in [-0.1, -0.05) is 34.4 Å². The SMILES string of the molecule is CCN(CC)c1ccc(/N=N/c2nncs2)c(Nc2nc(Nc3cc(N(CC)CC)ccc3/N=N/c3nnc(S(=O)(=O)O)s3)nc(SCCO)n2)c1. The molecule has 0 amide bonds. The lowest BCUT2D eigenvalue weighted by Crippen LogP contribution is -2.21. The van der Waals surface area contributed by atoms with Crippen LogP contribution in [0.3, 0.4) is 0 Å². The van der Waals surface area contributed by atoms with Gasteiger partial charge in [0.1, 0.15) is 16.9 Å². The van der Waals surface area contributed by atoms with Crippen molar-refractivity contribution >= 4 is 101 Å². The Morgan fingerprint density at radius 1 is 0.769 bits per heavy atom. The number of aliphatic hydroxyl groups is 1. The summed E-state index contributed by atoms with van der Waals surface area (Å²) in [5.41, 5.74) is 5.32. The number of nitrogens with zero attached hydrogens (tertiary/aromatic N) is 13. The number of azo groups is 2. The minimum atomic E-state index is -4.54. The maximum absolute atomic E-state index is 11.5. The van der Waals surface area contributed by atoms with Crippen LogP contribution in [0, 0.1) is 0 Å². The lowest BCUT2D eigenvalue weighted by molar-refractivity contribution is 0.322. The standard InChI is InChI=1S/C29H35N15O4S4/c1-5-43(6-2)18-9-11-20(36-39-27-38-30-17-50-27)22(15-18)31-24-33-25(35-26(34-24)49-14-13-45)32-23-16-19(44(7-3)8-4)10-12-21(23)37-40-28-41-42-29(51-28)52(46,47)48/h9-12,15-17,45H,5-8,13-14H2,1-4H3,(H,46,47,48)(H2,31,32,33,34,35)/b39-36+,40-37+. The molecule has 0 saturated carbocycles. The van der Waals surface area contributed by atoms with E-state index in [4.69, 9.17) is 0 Å². The van der Waals surface area contributed by atoms with Crippen molar-refractivity contribution in [2.75, 3.05) is 59.0 Å². The van der Waals surface area contributed by atoms with Crippen molar-refractivity contribution in [2.24, 2.45) is 20.5 Å². The lowest BCUT2D eigenvalue weighted by Gasteiger charge is -2.22. The van der Waals surface area contributed by atoms with E-state index in [0.717, 1.165) is 37.6 Å². The van der Waals surface area contributed by atoms with Crippen LogP contribution in [-0.4, -0.2) is 92.0 Å². The van der Waals surface area contributed by atoms with Gasteiger partial charge in [-0.2, -0.15) is 23.4 Å². The van der Waals surface area contributed by atoms with Gasteiger partial charge in [0, 0.05) is 43.3 Å². The van der Waals surface area contributed by atoms with Gasteiger partial charge in [0.15, 0.2) is 5.16 Å². The minimum Gasteiger partial charge on any atom is -0.396 e. The molecule has 19 nitrogen and oxygen atoms in total. The number of hydrogen-bond acceptors (Lipinski definition) is 21. The van der Waals surface area contributed by atoms with Gasteiger partial charge in [-0.3, -0.25) is 4.55 Å². The van der Waals surface area contributed by atoms with Crippen LogP contribution in [0.4, 0.5) is 56.3 Å². The molecular formula is C29H35N15O4S4. The number of rotatable bonds is 18. The van der Waals surface area contributed by atoms with Gasteiger partial charge >= 0.3 is 10.1 Å². The van der Waals surface area contributed by atoms with E-state index in [1.165, 1.54) is 23.1 Å². The Morgan fingerprint density at radius 2 is 1.33 bits per heavy atom. The van der Waals surface area contributed by atoms with E-state index in [1.54, 1.807) is 11.6 Å². The molecular weight excluding hydrogens is 751 g/mol. The number of benzene rings is 2. The van der Waals surface area contributed by atoms with Crippen LogP contribution >= 0.6 is 34.4 Å². The Hall–Kier alpha value is -4.81. The minimum absolute atomic E-state index is 0.0771. The second-order valence-corrected chi connectivity index (χ2v) is 14.7. The molecule has 274 valence electrons. The van der Waals surface area contributed by atoms with Crippen LogP contribution in [-0.2, 0) is 10.1 Å². The van der Waals surface area contributed by atoms with E-state index in [-0.39, 0.29) is 23.6 Å². The van der Waals surface area contributed by atoms with Crippen LogP contribution in [0.1, 0.15) is 27.7 Å². The summed E-state index contributed by atoms with van der Waals surface area (Å²) in [7, 11) is -4.54. The highest BCUT2D eigenvalue weighted by molar-refractivity contribution is 7.99. The van der Waals surface area contributed by atoms with Crippen LogP contribution in [0.25, 0.3) is 0 Å². The number of aromatic nitrogens is 7. The van der Waals surface area contributed by atoms with Gasteiger partial charge in [0.2, 0.25) is 11.9 Å². The molecule has 3 heterocycles. The molecule has 3 aromatic heterocycles. The van der Waals surface area contributed by atoms with Crippen molar-refractivity contribution in [1.29, 1.82) is 0 Å². The van der Waals surface area contributed by atoms with Gasteiger partial charge in [0.05, 0.1) is 18.0 Å². The Bertz CT molecular complexity index is 2110. The van der Waals surface area contributed by atoms with Gasteiger partial charge in [-0.25, -0.2) is 0 Å². The molecule has 0 bridgehead atoms. The summed E-state index contributed by atoms with van der Waals surface area (Å²) in [6.07, 6.45) is 0. The summed E-state index contributed by atoms with van der Waals surface area (Å²) in [4.78, 5) is 18.2. The summed E-state index contributed by atoms with van der Waals surface area (Å²) >= 11 is 3.07. The summed E-state index contributed by atoms with van der Waals surface area (Å²) < 4.78 is 31.6. The second kappa shape index (κ2) is 18.1. The molecule has 52 heavy (non-hydrogen) atoms. The molecule has 0 saturated heterocycles. The Morgan fingerprint density at radius 3 is 1.79 bits per heavy atom. The fourth-order valence-corrected chi connectivity index (χ4v) is 6.79. The predicted octanol–water partition coefficient (Wildman–Crippen LogP) is 6.92. The molecule has 0 spiro atoms. The van der Waals surface area contributed by atoms with Crippen LogP contribution < -0.4 is 20.4 Å². The molecule has 0 aliphatic carbocycles. The molecule has 0 radical (unpaired) electrons. The zero-order valence-electron chi connectivity index (χ0n) is 28.4. The van der Waals surface area contributed by atoms with E-state index in [2.05, 4.69) is 90.1 Å². The number of nitrogens with one attached hydrogen (secondary N) is 2. The molecule has 5 aromatic rings. The lowest BCUT2D eigenvalue weighted by atomic mass is 10.2. The van der Waals surface area contributed by atoms with Crippen LogP contribution in [0.5, 0.6) is 0 Å². The van der Waals surface area contributed by atoms with E-state index in [9.17, 15) is 18.1 Å². The first kappa shape index (κ1) is 38.4. The topological polar surface area (TPSA) is 245 Å². The fraction of sp³-hybridized carbons (Fsp3) is 0.345. The Kier molecular flexibility index (Phi) is 13.4. The first-order chi connectivity index (χ1) is 25.1. The van der Waals surface area contributed by atoms with Crippen molar-refractivity contribution < 1.29 is 18.1 Å². The maximum Gasteiger partial charge on any atom is 0.324 e. The van der Waals surface area contributed by atoms with Crippen LogP contribution in [0.2, 0.25) is 0 Å².